The molecule has 0 bridgehead atoms. The number of carbonyl (C=O) groups is 1. The first-order chi connectivity index (χ1) is 14.6. The van der Waals surface area contributed by atoms with Gasteiger partial charge in [0, 0.05) is 30.8 Å². The Bertz CT molecular complexity index is 1060. The van der Waals surface area contributed by atoms with E-state index in [1.165, 1.54) is 0 Å². The molecule has 156 valence electrons. The molecule has 2 aromatic carbocycles. The average molecular weight is 407 g/mol. The number of nitrogens with zero attached hydrogens (tertiary/aromatic N) is 2. The van der Waals surface area contributed by atoms with Crippen molar-refractivity contribution >= 4 is 22.7 Å². The molecule has 1 heterocycles. The lowest BCUT2D eigenvalue weighted by Gasteiger charge is -2.11. The number of nitrogens with one attached hydrogen (secondary N) is 1. The van der Waals surface area contributed by atoms with Gasteiger partial charge in [0.15, 0.2) is 0 Å². The predicted molar refractivity (Wildman–Crippen MR) is 116 cm³/mol. The normalized spacial score (nSPS) is 10.6. The number of ether oxygens (including phenoxy) is 3. The maximum absolute atomic E-state index is 11.6. The van der Waals surface area contributed by atoms with E-state index in [9.17, 15) is 10.1 Å². The molecular formula is C23H25N3O4. The van der Waals surface area contributed by atoms with Crippen LogP contribution >= 0.6 is 0 Å². The Morgan fingerprint density at radius 1 is 1.13 bits per heavy atom. The molecule has 1 aromatic heterocycles. The summed E-state index contributed by atoms with van der Waals surface area (Å²) in [6.45, 7) is 5.76. The number of benzene rings is 2. The summed E-state index contributed by atoms with van der Waals surface area (Å²) in [6.07, 6.45) is -0.494. The summed E-state index contributed by atoms with van der Waals surface area (Å²) in [5.41, 5.74) is 3.91. The molecule has 30 heavy (non-hydrogen) atoms. The van der Waals surface area contributed by atoms with Gasteiger partial charge in [-0.1, -0.05) is 12.1 Å². The summed E-state index contributed by atoms with van der Waals surface area (Å²) in [5.74, 6) is 0.733. The van der Waals surface area contributed by atoms with Crippen molar-refractivity contribution in [2.75, 3.05) is 32.2 Å². The van der Waals surface area contributed by atoms with E-state index in [1.54, 1.807) is 26.2 Å². The number of amides is 1. The highest BCUT2D eigenvalue weighted by atomic mass is 16.5. The van der Waals surface area contributed by atoms with Gasteiger partial charge in [-0.05, 0) is 43.7 Å². The Balaban J connectivity index is 2.00. The zero-order valence-corrected chi connectivity index (χ0v) is 17.4. The summed E-state index contributed by atoms with van der Waals surface area (Å²) in [4.78, 5) is 11.6. The molecule has 0 unspecified atom stereocenters. The number of fused-ring (bicyclic) bond motifs is 1. The van der Waals surface area contributed by atoms with Crippen molar-refractivity contribution in [2.45, 2.75) is 20.4 Å². The predicted octanol–water partition coefficient (Wildman–Crippen LogP) is 4.79. The van der Waals surface area contributed by atoms with Crippen LogP contribution in [0, 0.1) is 11.3 Å². The van der Waals surface area contributed by atoms with Gasteiger partial charge in [-0.3, -0.25) is 5.32 Å². The SMILES string of the molecule is CCOC(=O)Nc1ccc(-c2c(C#N)c3ccc(OCCOC)cc3n2CC)cc1. The van der Waals surface area contributed by atoms with Crippen LogP contribution in [-0.2, 0) is 16.0 Å². The highest BCUT2D eigenvalue weighted by molar-refractivity contribution is 5.95. The van der Waals surface area contributed by atoms with Crippen molar-refractivity contribution in [1.29, 1.82) is 5.26 Å². The lowest BCUT2D eigenvalue weighted by molar-refractivity contribution is 0.146. The Labute approximate surface area is 175 Å². The van der Waals surface area contributed by atoms with Crippen molar-refractivity contribution in [3.05, 3.63) is 48.0 Å². The maximum Gasteiger partial charge on any atom is 0.411 e. The van der Waals surface area contributed by atoms with Gasteiger partial charge in [0.2, 0.25) is 0 Å². The highest BCUT2D eigenvalue weighted by Gasteiger charge is 2.18. The molecule has 0 fully saturated rings. The molecular weight excluding hydrogens is 382 g/mol. The fourth-order valence-electron chi connectivity index (χ4n) is 3.40. The van der Waals surface area contributed by atoms with E-state index in [0.717, 1.165) is 27.9 Å². The van der Waals surface area contributed by atoms with Crippen molar-refractivity contribution in [1.82, 2.24) is 4.57 Å². The molecule has 1 amide bonds. The Morgan fingerprint density at radius 2 is 1.90 bits per heavy atom. The maximum atomic E-state index is 11.6. The van der Waals surface area contributed by atoms with Crippen LogP contribution in [0.5, 0.6) is 5.75 Å². The summed E-state index contributed by atoms with van der Waals surface area (Å²) < 4.78 is 17.8. The Morgan fingerprint density at radius 3 is 2.53 bits per heavy atom. The molecule has 0 aliphatic heterocycles. The second-order valence-corrected chi connectivity index (χ2v) is 6.52. The number of rotatable bonds is 8. The van der Waals surface area contributed by atoms with Gasteiger partial charge in [-0.2, -0.15) is 5.26 Å². The van der Waals surface area contributed by atoms with Crippen molar-refractivity contribution in [2.24, 2.45) is 0 Å². The van der Waals surface area contributed by atoms with Crippen molar-refractivity contribution < 1.29 is 19.0 Å². The molecule has 0 radical (unpaired) electrons. The van der Waals surface area contributed by atoms with E-state index < -0.39 is 6.09 Å². The largest absolute Gasteiger partial charge is 0.491 e. The summed E-state index contributed by atoms with van der Waals surface area (Å²) in [6, 6.07) is 15.5. The first-order valence-electron chi connectivity index (χ1n) is 9.85. The number of carbonyl (C=O) groups excluding carboxylic acids is 1. The van der Waals surface area contributed by atoms with Gasteiger partial charge in [0.25, 0.3) is 0 Å². The van der Waals surface area contributed by atoms with Crippen LogP contribution in [-0.4, -0.2) is 37.6 Å². The molecule has 0 saturated heterocycles. The second-order valence-electron chi connectivity index (χ2n) is 6.52. The Kier molecular flexibility index (Phi) is 6.94. The molecule has 3 rings (SSSR count). The van der Waals surface area contributed by atoms with Crippen LogP contribution < -0.4 is 10.1 Å². The van der Waals surface area contributed by atoms with Gasteiger partial charge in [0.05, 0.1) is 30.0 Å². The number of nitriles is 1. The van der Waals surface area contributed by atoms with Crippen LogP contribution in [0.15, 0.2) is 42.5 Å². The molecule has 0 spiro atoms. The lowest BCUT2D eigenvalue weighted by Crippen LogP contribution is -2.13. The topological polar surface area (TPSA) is 85.5 Å². The minimum absolute atomic E-state index is 0.309. The third kappa shape index (κ3) is 4.39. The molecule has 1 N–H and O–H groups in total. The van der Waals surface area contributed by atoms with E-state index in [4.69, 9.17) is 14.2 Å². The second kappa shape index (κ2) is 9.81. The molecule has 7 nitrogen and oxygen atoms in total. The van der Waals surface area contributed by atoms with E-state index in [2.05, 4.69) is 16.0 Å². The number of methoxy groups -OCH3 is 1. The van der Waals surface area contributed by atoms with Crippen LogP contribution in [0.4, 0.5) is 10.5 Å². The fourth-order valence-corrected chi connectivity index (χ4v) is 3.40. The zero-order valence-electron chi connectivity index (χ0n) is 17.4. The third-order valence-electron chi connectivity index (χ3n) is 4.70. The van der Waals surface area contributed by atoms with Crippen LogP contribution in [0.2, 0.25) is 0 Å². The minimum atomic E-state index is -0.494. The average Bonchev–Trinajstić information content (AvgIpc) is 3.07. The quantitative estimate of drug-likeness (QED) is 0.543. The molecule has 0 saturated carbocycles. The van der Waals surface area contributed by atoms with Crippen LogP contribution in [0.1, 0.15) is 19.4 Å². The smallest absolute Gasteiger partial charge is 0.411 e. The van der Waals surface area contributed by atoms with Gasteiger partial charge < -0.3 is 18.8 Å². The van der Waals surface area contributed by atoms with Gasteiger partial charge >= 0.3 is 6.09 Å². The molecule has 3 aromatic rings. The van der Waals surface area contributed by atoms with Gasteiger partial charge in [0.1, 0.15) is 18.4 Å². The number of hydrogen-bond donors (Lipinski definition) is 1. The van der Waals surface area contributed by atoms with Crippen LogP contribution in [0.3, 0.4) is 0 Å². The van der Waals surface area contributed by atoms with E-state index >= 15 is 0 Å². The van der Waals surface area contributed by atoms with E-state index in [0.29, 0.717) is 37.6 Å². The van der Waals surface area contributed by atoms with Crippen molar-refractivity contribution in [3.63, 3.8) is 0 Å². The van der Waals surface area contributed by atoms with E-state index in [1.807, 2.05) is 37.3 Å². The standard InChI is InChI=1S/C23H25N3O4/c1-4-26-21-14-18(30-13-12-28-3)10-11-19(21)20(15-24)22(26)16-6-8-17(9-7-16)25-23(27)29-5-2/h6-11,14H,4-5,12-13H2,1-3H3,(H,25,27). The Hall–Kier alpha value is -3.50. The van der Waals surface area contributed by atoms with Gasteiger partial charge in [-0.25, -0.2) is 4.79 Å². The first kappa shape index (κ1) is 21.2. The molecule has 0 aliphatic carbocycles. The monoisotopic (exact) mass is 407 g/mol. The summed E-state index contributed by atoms with van der Waals surface area (Å²) in [7, 11) is 1.63. The van der Waals surface area contributed by atoms with E-state index in [-0.39, 0.29) is 0 Å². The number of anilines is 1. The fraction of sp³-hybridized carbons (Fsp3) is 0.304. The first-order valence-corrected chi connectivity index (χ1v) is 9.85. The molecule has 0 atom stereocenters. The molecule has 7 heteroatoms. The number of aromatic nitrogens is 1. The summed E-state index contributed by atoms with van der Waals surface area (Å²) in [5, 5.41) is 13.4. The number of hydrogen-bond acceptors (Lipinski definition) is 5. The third-order valence-corrected chi connectivity index (χ3v) is 4.70. The van der Waals surface area contributed by atoms with Gasteiger partial charge in [-0.15, -0.1) is 0 Å². The molecule has 0 aliphatic rings. The minimum Gasteiger partial charge on any atom is -0.491 e. The lowest BCUT2D eigenvalue weighted by atomic mass is 10.1. The van der Waals surface area contributed by atoms with Crippen LogP contribution in [0.25, 0.3) is 22.2 Å². The summed E-state index contributed by atoms with van der Waals surface area (Å²) >= 11 is 0. The zero-order chi connectivity index (χ0) is 21.5. The highest BCUT2D eigenvalue weighted by Crippen LogP contribution is 2.35. The number of aryl methyl sites for hydroxylation is 1. The van der Waals surface area contributed by atoms with Crippen molar-refractivity contribution in [3.8, 4) is 23.1 Å².